The summed E-state index contributed by atoms with van der Waals surface area (Å²) in [6, 6.07) is 5.85. The van der Waals surface area contributed by atoms with Crippen LogP contribution >= 0.6 is 11.6 Å². The Morgan fingerprint density at radius 3 is 2.94 bits per heavy atom. The Labute approximate surface area is 103 Å². The largest absolute Gasteiger partial charge is 0.297 e. The van der Waals surface area contributed by atoms with E-state index in [2.05, 4.69) is 29.8 Å². The van der Waals surface area contributed by atoms with Crippen LogP contribution in [0.5, 0.6) is 0 Å². The number of pyridine rings is 1. The molecule has 0 aliphatic carbocycles. The highest BCUT2D eigenvalue weighted by Gasteiger charge is 2.24. The van der Waals surface area contributed by atoms with Crippen molar-refractivity contribution >= 4 is 11.6 Å². The van der Waals surface area contributed by atoms with Gasteiger partial charge in [-0.25, -0.2) is 4.98 Å². The first-order valence-electron chi connectivity index (χ1n) is 5.99. The van der Waals surface area contributed by atoms with Gasteiger partial charge in [-0.3, -0.25) is 4.90 Å². The summed E-state index contributed by atoms with van der Waals surface area (Å²) < 4.78 is 0. The molecule has 1 aromatic heterocycles. The van der Waals surface area contributed by atoms with E-state index in [1.54, 1.807) is 0 Å². The van der Waals surface area contributed by atoms with Crippen LogP contribution in [0.4, 0.5) is 0 Å². The Balaban J connectivity index is 1.92. The van der Waals surface area contributed by atoms with Gasteiger partial charge in [-0.1, -0.05) is 31.5 Å². The Morgan fingerprint density at radius 2 is 2.31 bits per heavy atom. The molecule has 3 heteroatoms. The van der Waals surface area contributed by atoms with Crippen LogP contribution in [0, 0.1) is 11.8 Å². The third-order valence-corrected chi connectivity index (χ3v) is 3.62. The zero-order valence-electron chi connectivity index (χ0n) is 9.99. The van der Waals surface area contributed by atoms with Crippen molar-refractivity contribution in [3.05, 3.63) is 29.0 Å². The standard InChI is InChI=1S/C13H19ClN2/c1-10(2)11-6-7-16(8-11)9-12-4-3-5-13(14)15-12/h3-5,10-11H,6-9H2,1-2H3. The van der Waals surface area contributed by atoms with E-state index in [0.29, 0.717) is 5.15 Å². The van der Waals surface area contributed by atoms with Crippen LogP contribution in [0.15, 0.2) is 18.2 Å². The van der Waals surface area contributed by atoms with Crippen LogP contribution in [-0.2, 0) is 6.54 Å². The normalized spacial score (nSPS) is 21.9. The SMILES string of the molecule is CC(C)C1CCN(Cc2cccc(Cl)n2)C1. The van der Waals surface area contributed by atoms with E-state index >= 15 is 0 Å². The van der Waals surface area contributed by atoms with Gasteiger partial charge in [0, 0.05) is 13.1 Å². The molecule has 1 aliphatic heterocycles. The van der Waals surface area contributed by atoms with Crippen molar-refractivity contribution in [2.75, 3.05) is 13.1 Å². The molecule has 0 saturated carbocycles. The van der Waals surface area contributed by atoms with Gasteiger partial charge in [-0.2, -0.15) is 0 Å². The third kappa shape index (κ3) is 2.96. The highest BCUT2D eigenvalue weighted by molar-refractivity contribution is 6.29. The highest BCUT2D eigenvalue weighted by Crippen LogP contribution is 2.24. The maximum Gasteiger partial charge on any atom is 0.129 e. The zero-order chi connectivity index (χ0) is 11.5. The average Bonchev–Trinajstić information content (AvgIpc) is 2.66. The fraction of sp³-hybridized carbons (Fsp3) is 0.615. The van der Waals surface area contributed by atoms with Crippen LogP contribution in [0.2, 0.25) is 5.15 Å². The molecule has 1 atom stereocenters. The summed E-state index contributed by atoms with van der Waals surface area (Å²) in [4.78, 5) is 6.81. The second-order valence-corrected chi connectivity index (χ2v) is 5.37. The Morgan fingerprint density at radius 1 is 1.50 bits per heavy atom. The van der Waals surface area contributed by atoms with Crippen molar-refractivity contribution in [1.82, 2.24) is 9.88 Å². The predicted molar refractivity (Wildman–Crippen MR) is 67.5 cm³/mol. The smallest absolute Gasteiger partial charge is 0.129 e. The molecule has 1 unspecified atom stereocenters. The van der Waals surface area contributed by atoms with E-state index < -0.39 is 0 Å². The molecule has 2 rings (SSSR count). The molecule has 2 heterocycles. The van der Waals surface area contributed by atoms with Crippen molar-refractivity contribution in [1.29, 1.82) is 0 Å². The molecule has 1 aliphatic rings. The van der Waals surface area contributed by atoms with Crippen LogP contribution in [0.3, 0.4) is 0 Å². The van der Waals surface area contributed by atoms with Crippen LogP contribution < -0.4 is 0 Å². The zero-order valence-corrected chi connectivity index (χ0v) is 10.7. The molecule has 2 nitrogen and oxygen atoms in total. The van der Waals surface area contributed by atoms with Gasteiger partial charge < -0.3 is 0 Å². The molecule has 0 aromatic carbocycles. The molecule has 1 saturated heterocycles. The summed E-state index contributed by atoms with van der Waals surface area (Å²) in [5, 5.41) is 0.595. The summed E-state index contributed by atoms with van der Waals surface area (Å²) in [5.74, 6) is 1.64. The molecule has 0 bridgehead atoms. The van der Waals surface area contributed by atoms with Gasteiger partial charge in [0.1, 0.15) is 5.15 Å². The number of hydrogen-bond acceptors (Lipinski definition) is 2. The fourth-order valence-corrected chi connectivity index (χ4v) is 2.50. The second kappa shape index (κ2) is 5.15. The van der Waals surface area contributed by atoms with E-state index in [1.165, 1.54) is 19.5 Å². The number of aromatic nitrogens is 1. The molecule has 0 spiro atoms. The first kappa shape index (κ1) is 11.9. The van der Waals surface area contributed by atoms with Crippen molar-refractivity contribution in [3.63, 3.8) is 0 Å². The predicted octanol–water partition coefficient (Wildman–Crippen LogP) is 3.21. The molecule has 0 radical (unpaired) electrons. The van der Waals surface area contributed by atoms with Gasteiger partial charge in [0.2, 0.25) is 0 Å². The van der Waals surface area contributed by atoms with Gasteiger partial charge in [0.25, 0.3) is 0 Å². The van der Waals surface area contributed by atoms with Crippen molar-refractivity contribution < 1.29 is 0 Å². The Kier molecular flexibility index (Phi) is 3.82. The van der Waals surface area contributed by atoms with Gasteiger partial charge in [-0.15, -0.1) is 0 Å². The molecule has 88 valence electrons. The van der Waals surface area contributed by atoms with Crippen molar-refractivity contribution in [3.8, 4) is 0 Å². The fourth-order valence-electron chi connectivity index (χ4n) is 2.32. The first-order chi connectivity index (χ1) is 7.65. The molecular formula is C13H19ClN2. The molecular weight excluding hydrogens is 220 g/mol. The summed E-state index contributed by atoms with van der Waals surface area (Å²) in [5.41, 5.74) is 1.08. The number of rotatable bonds is 3. The summed E-state index contributed by atoms with van der Waals surface area (Å²) in [6.45, 7) is 7.95. The maximum atomic E-state index is 5.88. The molecule has 0 N–H and O–H groups in total. The van der Waals surface area contributed by atoms with Crippen LogP contribution in [0.1, 0.15) is 26.0 Å². The number of hydrogen-bond donors (Lipinski definition) is 0. The van der Waals surface area contributed by atoms with E-state index in [-0.39, 0.29) is 0 Å². The van der Waals surface area contributed by atoms with Gasteiger partial charge in [-0.05, 0) is 36.9 Å². The van der Waals surface area contributed by atoms with E-state index in [9.17, 15) is 0 Å². The molecule has 1 aromatic rings. The minimum atomic E-state index is 0.595. The van der Waals surface area contributed by atoms with E-state index in [1.807, 2.05) is 12.1 Å². The summed E-state index contributed by atoms with van der Waals surface area (Å²) in [7, 11) is 0. The van der Waals surface area contributed by atoms with Gasteiger partial charge in [0.05, 0.1) is 5.69 Å². The average molecular weight is 239 g/mol. The number of nitrogens with zero attached hydrogens (tertiary/aromatic N) is 2. The molecule has 0 amide bonds. The highest BCUT2D eigenvalue weighted by atomic mass is 35.5. The van der Waals surface area contributed by atoms with Crippen molar-refractivity contribution in [2.24, 2.45) is 11.8 Å². The minimum absolute atomic E-state index is 0.595. The van der Waals surface area contributed by atoms with E-state index in [4.69, 9.17) is 11.6 Å². The molecule has 16 heavy (non-hydrogen) atoms. The monoisotopic (exact) mass is 238 g/mol. The maximum absolute atomic E-state index is 5.88. The quantitative estimate of drug-likeness (QED) is 0.752. The summed E-state index contributed by atoms with van der Waals surface area (Å²) in [6.07, 6.45) is 1.32. The lowest BCUT2D eigenvalue weighted by Gasteiger charge is -2.17. The van der Waals surface area contributed by atoms with Gasteiger partial charge in [0.15, 0.2) is 0 Å². The lowest BCUT2D eigenvalue weighted by atomic mass is 9.95. The minimum Gasteiger partial charge on any atom is -0.297 e. The van der Waals surface area contributed by atoms with Crippen LogP contribution in [0.25, 0.3) is 0 Å². The lowest BCUT2D eigenvalue weighted by Crippen LogP contribution is -2.22. The second-order valence-electron chi connectivity index (χ2n) is 4.98. The topological polar surface area (TPSA) is 16.1 Å². The summed E-state index contributed by atoms with van der Waals surface area (Å²) >= 11 is 5.88. The van der Waals surface area contributed by atoms with Crippen LogP contribution in [-0.4, -0.2) is 23.0 Å². The lowest BCUT2D eigenvalue weighted by molar-refractivity contribution is 0.294. The van der Waals surface area contributed by atoms with E-state index in [0.717, 1.165) is 24.1 Å². The van der Waals surface area contributed by atoms with Crippen molar-refractivity contribution in [2.45, 2.75) is 26.8 Å². The molecule has 1 fully saturated rings. The third-order valence-electron chi connectivity index (χ3n) is 3.41. The number of likely N-dealkylation sites (tertiary alicyclic amines) is 1. The first-order valence-corrected chi connectivity index (χ1v) is 6.36. The van der Waals surface area contributed by atoms with Gasteiger partial charge >= 0.3 is 0 Å². The Bertz CT molecular complexity index is 352. The number of halogens is 1. The Hall–Kier alpha value is -0.600.